The first-order valence-electron chi connectivity index (χ1n) is 6.98. The highest BCUT2D eigenvalue weighted by atomic mass is 32.1. The molecule has 2 aromatic heterocycles. The molecule has 0 saturated carbocycles. The van der Waals surface area contributed by atoms with E-state index in [0.29, 0.717) is 12.2 Å². The quantitative estimate of drug-likeness (QED) is 0.899. The first-order chi connectivity index (χ1) is 10.1. The minimum absolute atomic E-state index is 0.172. The van der Waals surface area contributed by atoms with E-state index in [0.717, 1.165) is 47.6 Å². The van der Waals surface area contributed by atoms with Gasteiger partial charge in [-0.3, -0.25) is 4.79 Å². The molecule has 110 valence electrons. The second-order valence-corrected chi connectivity index (χ2v) is 6.07. The summed E-state index contributed by atoms with van der Waals surface area (Å²) in [5.74, 6) is -0.0269. The second-order valence-electron chi connectivity index (χ2n) is 5.13. The molecule has 0 aromatic carbocycles. The number of aromatic nitrogens is 3. The summed E-state index contributed by atoms with van der Waals surface area (Å²) in [5.41, 5.74) is 8.97. The number of carbonyl (C=O) groups excluding carboxylic acids is 1. The fraction of sp³-hybridized carbons (Fsp3) is 0.429. The third-order valence-electron chi connectivity index (χ3n) is 3.48. The highest BCUT2D eigenvalue weighted by Gasteiger charge is 2.21. The van der Waals surface area contributed by atoms with Crippen molar-refractivity contribution in [2.75, 3.05) is 5.73 Å². The Hall–Kier alpha value is -2.02. The van der Waals surface area contributed by atoms with Crippen LogP contribution in [-0.4, -0.2) is 20.9 Å². The summed E-state index contributed by atoms with van der Waals surface area (Å²) in [6.45, 7) is 2.35. The number of carbonyl (C=O) groups is 1. The highest BCUT2D eigenvalue weighted by molar-refractivity contribution is 7.09. The summed E-state index contributed by atoms with van der Waals surface area (Å²) in [6, 6.07) is 0. The van der Waals surface area contributed by atoms with Crippen LogP contribution >= 0.6 is 11.3 Å². The van der Waals surface area contributed by atoms with Gasteiger partial charge in [0.2, 0.25) is 5.95 Å². The lowest BCUT2D eigenvalue weighted by molar-refractivity contribution is 0.0944. The van der Waals surface area contributed by atoms with Crippen molar-refractivity contribution < 1.29 is 4.79 Å². The zero-order chi connectivity index (χ0) is 14.8. The van der Waals surface area contributed by atoms with Crippen molar-refractivity contribution in [2.24, 2.45) is 0 Å². The van der Waals surface area contributed by atoms with Gasteiger partial charge in [-0.15, -0.1) is 11.3 Å². The molecular formula is C14H17N5OS. The van der Waals surface area contributed by atoms with Gasteiger partial charge in [-0.2, -0.15) is 0 Å². The molecule has 0 bridgehead atoms. The molecule has 0 aliphatic heterocycles. The Morgan fingerprint density at radius 3 is 2.90 bits per heavy atom. The van der Waals surface area contributed by atoms with Crippen LogP contribution in [0, 0.1) is 6.92 Å². The van der Waals surface area contributed by atoms with Crippen LogP contribution in [-0.2, 0) is 19.4 Å². The third-order valence-corrected chi connectivity index (χ3v) is 4.45. The summed E-state index contributed by atoms with van der Waals surface area (Å²) in [5, 5.41) is 5.72. The largest absolute Gasteiger partial charge is 0.368 e. The normalized spacial score (nSPS) is 13.8. The summed E-state index contributed by atoms with van der Waals surface area (Å²) >= 11 is 1.54. The van der Waals surface area contributed by atoms with E-state index in [9.17, 15) is 4.79 Å². The van der Waals surface area contributed by atoms with E-state index in [2.05, 4.69) is 20.3 Å². The fourth-order valence-electron chi connectivity index (χ4n) is 2.52. The first kappa shape index (κ1) is 13.9. The summed E-state index contributed by atoms with van der Waals surface area (Å²) in [6.07, 6.45) is 3.86. The van der Waals surface area contributed by atoms with Crippen molar-refractivity contribution in [3.05, 3.63) is 33.0 Å². The Kier molecular flexibility index (Phi) is 3.83. The Morgan fingerprint density at radius 2 is 2.14 bits per heavy atom. The van der Waals surface area contributed by atoms with Gasteiger partial charge < -0.3 is 11.1 Å². The Balaban J connectivity index is 1.79. The number of nitrogen functional groups attached to an aromatic ring is 1. The van der Waals surface area contributed by atoms with Crippen molar-refractivity contribution in [1.82, 2.24) is 20.3 Å². The van der Waals surface area contributed by atoms with Crippen LogP contribution in [0.4, 0.5) is 5.95 Å². The molecular weight excluding hydrogens is 286 g/mol. The Morgan fingerprint density at radius 1 is 1.33 bits per heavy atom. The Labute approximate surface area is 126 Å². The number of nitrogens with one attached hydrogen (secondary N) is 1. The maximum absolute atomic E-state index is 12.4. The van der Waals surface area contributed by atoms with Gasteiger partial charge in [0.05, 0.1) is 6.54 Å². The number of aryl methyl sites for hydroxylation is 2. The molecule has 0 radical (unpaired) electrons. The number of fused-ring (bicyclic) bond motifs is 1. The van der Waals surface area contributed by atoms with E-state index in [-0.39, 0.29) is 11.9 Å². The molecule has 3 rings (SSSR count). The number of nitrogens with two attached hydrogens (primary N) is 1. The maximum Gasteiger partial charge on any atom is 0.270 e. The van der Waals surface area contributed by atoms with E-state index in [4.69, 9.17) is 5.73 Å². The molecule has 0 atom stereocenters. The molecule has 0 spiro atoms. The van der Waals surface area contributed by atoms with E-state index < -0.39 is 0 Å². The average Bonchev–Trinajstić information content (AvgIpc) is 2.89. The van der Waals surface area contributed by atoms with Crippen molar-refractivity contribution in [3.8, 4) is 0 Å². The van der Waals surface area contributed by atoms with E-state index >= 15 is 0 Å². The van der Waals surface area contributed by atoms with Crippen molar-refractivity contribution in [1.29, 1.82) is 0 Å². The number of anilines is 1. The number of nitrogens with zero attached hydrogens (tertiary/aromatic N) is 3. The topological polar surface area (TPSA) is 93.8 Å². The summed E-state index contributed by atoms with van der Waals surface area (Å²) in [7, 11) is 0. The zero-order valence-electron chi connectivity index (χ0n) is 11.8. The first-order valence-corrected chi connectivity index (χ1v) is 7.86. The molecule has 7 heteroatoms. The smallest absolute Gasteiger partial charge is 0.270 e. The predicted octanol–water partition coefficient (Wildman–Crippen LogP) is 1.63. The van der Waals surface area contributed by atoms with Gasteiger partial charge in [-0.05, 0) is 32.6 Å². The second kappa shape index (κ2) is 5.77. The number of hydrogen-bond acceptors (Lipinski definition) is 6. The highest BCUT2D eigenvalue weighted by Crippen LogP contribution is 2.22. The number of hydrogen-bond donors (Lipinski definition) is 2. The molecule has 0 unspecified atom stereocenters. The molecule has 1 aliphatic carbocycles. The lowest BCUT2D eigenvalue weighted by atomic mass is 9.94. The van der Waals surface area contributed by atoms with Gasteiger partial charge in [0.15, 0.2) is 0 Å². The van der Waals surface area contributed by atoms with Crippen molar-refractivity contribution >= 4 is 23.2 Å². The van der Waals surface area contributed by atoms with Gasteiger partial charge in [-0.1, -0.05) is 0 Å². The van der Waals surface area contributed by atoms with Crippen LogP contribution in [0.25, 0.3) is 0 Å². The minimum Gasteiger partial charge on any atom is -0.368 e. The van der Waals surface area contributed by atoms with Gasteiger partial charge in [0.1, 0.15) is 10.7 Å². The molecule has 0 fully saturated rings. The van der Waals surface area contributed by atoms with Crippen molar-refractivity contribution in [2.45, 2.75) is 39.2 Å². The summed E-state index contributed by atoms with van der Waals surface area (Å²) < 4.78 is 0. The van der Waals surface area contributed by atoms with Crippen LogP contribution in [0.15, 0.2) is 5.38 Å². The summed E-state index contributed by atoms with van der Waals surface area (Å²) in [4.78, 5) is 25.1. The van der Waals surface area contributed by atoms with Crippen LogP contribution in [0.1, 0.15) is 45.3 Å². The van der Waals surface area contributed by atoms with Crippen LogP contribution in [0.3, 0.4) is 0 Å². The molecule has 0 saturated heterocycles. The fourth-order valence-corrected chi connectivity index (χ4v) is 3.24. The number of amides is 1. The number of thiazole rings is 1. The van der Waals surface area contributed by atoms with Gasteiger partial charge in [-0.25, -0.2) is 15.0 Å². The number of rotatable bonds is 3. The molecule has 6 nitrogen and oxygen atoms in total. The van der Waals surface area contributed by atoms with Gasteiger partial charge in [0.25, 0.3) is 5.91 Å². The lowest BCUT2D eigenvalue weighted by Crippen LogP contribution is -2.27. The van der Waals surface area contributed by atoms with E-state index in [1.807, 2.05) is 12.3 Å². The molecule has 3 N–H and O–H groups in total. The molecule has 21 heavy (non-hydrogen) atoms. The molecule has 1 amide bonds. The average molecular weight is 303 g/mol. The van der Waals surface area contributed by atoms with Gasteiger partial charge in [0, 0.05) is 22.3 Å². The molecule has 2 heterocycles. The van der Waals surface area contributed by atoms with Crippen LogP contribution in [0.2, 0.25) is 0 Å². The van der Waals surface area contributed by atoms with E-state index in [1.165, 1.54) is 11.3 Å². The minimum atomic E-state index is -0.199. The zero-order valence-corrected chi connectivity index (χ0v) is 12.7. The predicted molar refractivity (Wildman–Crippen MR) is 81.1 cm³/mol. The SMILES string of the molecule is Cc1csc(CNC(=O)c2nc(N)nc3c2CCCC3)n1. The van der Waals surface area contributed by atoms with Crippen LogP contribution in [0.5, 0.6) is 0 Å². The maximum atomic E-state index is 12.4. The lowest BCUT2D eigenvalue weighted by Gasteiger charge is -2.17. The van der Waals surface area contributed by atoms with E-state index in [1.54, 1.807) is 0 Å². The molecule has 1 aliphatic rings. The monoisotopic (exact) mass is 303 g/mol. The Bertz CT molecular complexity index is 682. The third kappa shape index (κ3) is 3.02. The standard InChI is InChI=1S/C14H17N5OS/c1-8-7-21-11(17-8)6-16-13(20)12-9-4-2-3-5-10(9)18-14(15)19-12/h7H,2-6H2,1H3,(H,16,20)(H2,15,18,19). The van der Waals surface area contributed by atoms with Gasteiger partial charge >= 0.3 is 0 Å². The molecule has 2 aromatic rings. The van der Waals surface area contributed by atoms with Crippen LogP contribution < -0.4 is 11.1 Å². The van der Waals surface area contributed by atoms with Crippen molar-refractivity contribution in [3.63, 3.8) is 0 Å².